The van der Waals surface area contributed by atoms with Gasteiger partial charge in [-0.1, -0.05) is 53.4 Å². The van der Waals surface area contributed by atoms with Gasteiger partial charge in [0.2, 0.25) is 5.13 Å². The zero-order valence-corrected chi connectivity index (χ0v) is 12.9. The number of thioether (sulfide) groups is 1. The van der Waals surface area contributed by atoms with Crippen molar-refractivity contribution < 1.29 is 0 Å². The number of nitrogens with zero attached hydrogens (tertiary/aromatic N) is 2. The van der Waals surface area contributed by atoms with Crippen molar-refractivity contribution in [2.24, 2.45) is 0 Å². The number of hydrogen-bond acceptors (Lipinski definition) is 5. The number of thiocarbonyl (C=S) groups is 1. The van der Waals surface area contributed by atoms with Crippen LogP contribution in [-0.4, -0.2) is 21.9 Å². The van der Waals surface area contributed by atoms with E-state index in [0.717, 1.165) is 21.8 Å². The Hall–Kier alpha value is -1.18. The van der Waals surface area contributed by atoms with E-state index < -0.39 is 0 Å². The lowest BCUT2D eigenvalue weighted by Gasteiger charge is -2.03. The predicted octanol–water partition coefficient (Wildman–Crippen LogP) is 3.14. The van der Waals surface area contributed by atoms with Crippen LogP contribution in [0.4, 0.5) is 5.13 Å². The molecule has 0 aliphatic heterocycles. The molecule has 0 fully saturated rings. The number of rotatable bonds is 5. The van der Waals surface area contributed by atoms with E-state index in [2.05, 4.69) is 33.0 Å². The van der Waals surface area contributed by atoms with Gasteiger partial charge in [0, 0.05) is 12.3 Å². The minimum Gasteiger partial charge on any atom is -0.363 e. The second-order valence-electron chi connectivity index (χ2n) is 3.63. The fourth-order valence-corrected chi connectivity index (χ4v) is 3.36. The van der Waals surface area contributed by atoms with Gasteiger partial charge in [-0.25, -0.2) is 0 Å². The molecule has 2 rings (SSSR count). The molecule has 0 aliphatic rings. The van der Waals surface area contributed by atoms with Gasteiger partial charge in [0.15, 0.2) is 9.45 Å². The van der Waals surface area contributed by atoms with Gasteiger partial charge in [-0.3, -0.25) is 0 Å². The lowest BCUT2D eigenvalue weighted by Crippen LogP contribution is -2.27. The van der Waals surface area contributed by atoms with Crippen LogP contribution < -0.4 is 10.6 Å². The Morgan fingerprint density at radius 2 is 2.11 bits per heavy atom. The predicted molar refractivity (Wildman–Crippen MR) is 85.8 cm³/mol. The zero-order chi connectivity index (χ0) is 13.5. The monoisotopic (exact) mass is 310 g/mol. The Kier molecular flexibility index (Phi) is 5.56. The first kappa shape index (κ1) is 14.2. The maximum Gasteiger partial charge on any atom is 0.212 e. The van der Waals surface area contributed by atoms with Crippen molar-refractivity contribution in [1.82, 2.24) is 15.5 Å². The summed E-state index contributed by atoms with van der Waals surface area (Å²) < 4.78 is 0.936. The van der Waals surface area contributed by atoms with Gasteiger partial charge in [0.1, 0.15) is 0 Å². The van der Waals surface area contributed by atoms with Crippen molar-refractivity contribution in [2.45, 2.75) is 17.0 Å². The Labute approximate surface area is 126 Å². The SMILES string of the molecule is CCNC(=S)Nc1nnc(SCc2ccccc2)s1. The standard InChI is InChI=1S/C12H14N4S3/c1-2-13-10(17)14-11-15-16-12(19-11)18-8-9-6-4-3-5-7-9/h3-7H,2,8H2,1H3,(H2,13,14,15,17). The second kappa shape index (κ2) is 7.42. The summed E-state index contributed by atoms with van der Waals surface area (Å²) >= 11 is 8.28. The highest BCUT2D eigenvalue weighted by Crippen LogP contribution is 2.28. The molecule has 2 N–H and O–H groups in total. The van der Waals surface area contributed by atoms with E-state index in [1.165, 1.54) is 16.9 Å². The largest absolute Gasteiger partial charge is 0.363 e. The second-order valence-corrected chi connectivity index (χ2v) is 6.24. The molecule has 100 valence electrons. The topological polar surface area (TPSA) is 49.8 Å². The van der Waals surface area contributed by atoms with Gasteiger partial charge in [-0.15, -0.1) is 10.2 Å². The summed E-state index contributed by atoms with van der Waals surface area (Å²) in [7, 11) is 0. The van der Waals surface area contributed by atoms with E-state index in [4.69, 9.17) is 12.2 Å². The van der Waals surface area contributed by atoms with E-state index in [1.54, 1.807) is 11.8 Å². The van der Waals surface area contributed by atoms with Gasteiger partial charge >= 0.3 is 0 Å². The molecule has 0 unspecified atom stereocenters. The first-order valence-corrected chi connectivity index (χ1v) is 8.04. The summed E-state index contributed by atoms with van der Waals surface area (Å²) in [6.45, 7) is 2.79. The van der Waals surface area contributed by atoms with Crippen molar-refractivity contribution >= 4 is 45.6 Å². The fourth-order valence-electron chi connectivity index (χ4n) is 1.34. The normalized spacial score (nSPS) is 10.2. The van der Waals surface area contributed by atoms with Crippen LogP contribution in [0.15, 0.2) is 34.7 Å². The van der Waals surface area contributed by atoms with Crippen LogP contribution >= 0.6 is 35.3 Å². The van der Waals surface area contributed by atoms with Crippen LogP contribution in [0.5, 0.6) is 0 Å². The summed E-state index contributed by atoms with van der Waals surface area (Å²) in [5.41, 5.74) is 1.28. The third kappa shape index (κ3) is 4.77. The smallest absolute Gasteiger partial charge is 0.212 e. The summed E-state index contributed by atoms with van der Waals surface area (Å²) in [6.07, 6.45) is 0. The van der Waals surface area contributed by atoms with Crippen LogP contribution in [0.3, 0.4) is 0 Å². The van der Waals surface area contributed by atoms with Crippen molar-refractivity contribution in [1.29, 1.82) is 0 Å². The molecule has 0 saturated carbocycles. The molecule has 4 nitrogen and oxygen atoms in total. The van der Waals surface area contributed by atoms with Crippen molar-refractivity contribution in [3.8, 4) is 0 Å². The van der Waals surface area contributed by atoms with Crippen molar-refractivity contribution in [3.63, 3.8) is 0 Å². The Morgan fingerprint density at radius 3 is 2.84 bits per heavy atom. The number of aromatic nitrogens is 2. The quantitative estimate of drug-likeness (QED) is 0.653. The Morgan fingerprint density at radius 1 is 1.32 bits per heavy atom. The summed E-state index contributed by atoms with van der Waals surface area (Å²) in [5, 5.41) is 15.5. The molecule has 0 atom stereocenters. The molecule has 1 aromatic heterocycles. The lowest BCUT2D eigenvalue weighted by atomic mass is 10.2. The van der Waals surface area contributed by atoms with Crippen LogP contribution in [-0.2, 0) is 5.75 Å². The maximum absolute atomic E-state index is 5.10. The molecule has 7 heteroatoms. The molecule has 0 spiro atoms. The van der Waals surface area contributed by atoms with Crippen LogP contribution in [0.1, 0.15) is 12.5 Å². The molecule has 0 bridgehead atoms. The van der Waals surface area contributed by atoms with Gasteiger partial charge in [0.25, 0.3) is 0 Å². The lowest BCUT2D eigenvalue weighted by molar-refractivity contribution is 0.973. The van der Waals surface area contributed by atoms with Crippen LogP contribution in [0.25, 0.3) is 0 Å². The minimum absolute atomic E-state index is 0.582. The average Bonchev–Trinajstić information content (AvgIpc) is 2.85. The van der Waals surface area contributed by atoms with Crippen molar-refractivity contribution in [2.75, 3.05) is 11.9 Å². The minimum atomic E-state index is 0.582. The van der Waals surface area contributed by atoms with E-state index in [9.17, 15) is 0 Å². The molecule has 0 amide bonds. The molecule has 0 saturated heterocycles. The van der Waals surface area contributed by atoms with Gasteiger partial charge in [0.05, 0.1) is 0 Å². The van der Waals surface area contributed by atoms with Gasteiger partial charge in [-0.2, -0.15) is 0 Å². The third-order valence-corrected chi connectivity index (χ3v) is 4.46. The molecule has 0 radical (unpaired) electrons. The molecule has 0 aliphatic carbocycles. The number of anilines is 1. The number of benzene rings is 1. The molecular weight excluding hydrogens is 296 g/mol. The summed E-state index contributed by atoms with van der Waals surface area (Å²) in [5.74, 6) is 0.896. The van der Waals surface area contributed by atoms with E-state index >= 15 is 0 Å². The highest BCUT2D eigenvalue weighted by atomic mass is 32.2. The van der Waals surface area contributed by atoms with E-state index in [-0.39, 0.29) is 0 Å². The highest BCUT2D eigenvalue weighted by molar-refractivity contribution is 8.00. The van der Waals surface area contributed by atoms with Crippen LogP contribution in [0.2, 0.25) is 0 Å². The highest BCUT2D eigenvalue weighted by Gasteiger charge is 2.06. The van der Waals surface area contributed by atoms with Crippen LogP contribution in [0, 0.1) is 0 Å². The third-order valence-electron chi connectivity index (χ3n) is 2.17. The molecule has 1 aromatic carbocycles. The Bertz CT molecular complexity index is 527. The fraction of sp³-hybridized carbons (Fsp3) is 0.250. The molecular formula is C12H14N4S3. The van der Waals surface area contributed by atoms with Crippen molar-refractivity contribution in [3.05, 3.63) is 35.9 Å². The average molecular weight is 310 g/mol. The van der Waals surface area contributed by atoms with Gasteiger partial charge < -0.3 is 10.6 Å². The first-order valence-electron chi connectivity index (χ1n) is 5.83. The number of nitrogens with one attached hydrogen (secondary N) is 2. The number of hydrogen-bond donors (Lipinski definition) is 2. The van der Waals surface area contributed by atoms with E-state index in [1.807, 2.05) is 25.1 Å². The van der Waals surface area contributed by atoms with E-state index in [0.29, 0.717) is 5.11 Å². The maximum atomic E-state index is 5.10. The zero-order valence-electron chi connectivity index (χ0n) is 10.4. The van der Waals surface area contributed by atoms with Gasteiger partial charge in [-0.05, 0) is 24.7 Å². The summed E-state index contributed by atoms with van der Waals surface area (Å²) in [4.78, 5) is 0. The Balaban J connectivity index is 1.85. The summed E-state index contributed by atoms with van der Waals surface area (Å²) in [6, 6.07) is 10.3. The molecule has 2 aromatic rings. The first-order chi connectivity index (χ1) is 9.28. The molecule has 1 heterocycles. The molecule has 19 heavy (non-hydrogen) atoms.